The van der Waals surface area contributed by atoms with Gasteiger partial charge in [0.25, 0.3) is 0 Å². The van der Waals surface area contributed by atoms with E-state index >= 15 is 0 Å². The molecule has 1 aromatic rings. The molecular formula is C11H13FN2O6S. The summed E-state index contributed by atoms with van der Waals surface area (Å²) in [6.45, 7) is 1.56. The summed E-state index contributed by atoms with van der Waals surface area (Å²) in [5.74, 6) is -1.71. The molecule has 0 aliphatic carbocycles. The van der Waals surface area contributed by atoms with Crippen molar-refractivity contribution in [2.45, 2.75) is 18.2 Å². The van der Waals surface area contributed by atoms with Crippen molar-refractivity contribution in [3.8, 4) is 0 Å². The number of nitrogens with zero attached hydrogens (tertiary/aromatic N) is 1. The number of nitro groups is 1. The van der Waals surface area contributed by atoms with E-state index in [4.69, 9.17) is 0 Å². The molecule has 10 heteroatoms. The third kappa shape index (κ3) is 4.76. The number of hydrogen-bond donors (Lipinski definition) is 1. The molecule has 0 amide bonds. The summed E-state index contributed by atoms with van der Waals surface area (Å²) in [5, 5.41) is 10.6. The van der Waals surface area contributed by atoms with Gasteiger partial charge in [0.15, 0.2) is 0 Å². The summed E-state index contributed by atoms with van der Waals surface area (Å²) in [7, 11) is -4.07. The van der Waals surface area contributed by atoms with Crippen LogP contribution in [-0.2, 0) is 19.6 Å². The number of ether oxygens (including phenoxy) is 1. The molecule has 21 heavy (non-hydrogen) atoms. The van der Waals surface area contributed by atoms with Gasteiger partial charge in [0.05, 0.1) is 22.8 Å². The highest BCUT2D eigenvalue weighted by Gasteiger charge is 2.21. The average molecular weight is 320 g/mol. The first-order valence-corrected chi connectivity index (χ1v) is 7.35. The highest BCUT2D eigenvalue weighted by Crippen LogP contribution is 2.21. The number of hydrogen-bond acceptors (Lipinski definition) is 6. The van der Waals surface area contributed by atoms with Crippen LogP contribution in [0, 0.1) is 15.9 Å². The van der Waals surface area contributed by atoms with E-state index in [9.17, 15) is 27.7 Å². The standard InChI is InChI=1S/C11H13FN2O6S/c1-2-20-11(15)5-6-13-21(18,19)8-3-4-9(12)10(7-8)14(16)17/h3-4,7,13H,2,5-6H2,1H3. The predicted octanol–water partition coefficient (Wildman–Crippen LogP) is 0.965. The molecule has 0 aromatic heterocycles. The van der Waals surface area contributed by atoms with Gasteiger partial charge in [-0.15, -0.1) is 0 Å². The number of benzene rings is 1. The quantitative estimate of drug-likeness (QED) is 0.454. The van der Waals surface area contributed by atoms with Gasteiger partial charge in [-0.25, -0.2) is 13.1 Å². The minimum Gasteiger partial charge on any atom is -0.466 e. The summed E-state index contributed by atoms with van der Waals surface area (Å²) >= 11 is 0. The van der Waals surface area contributed by atoms with E-state index in [2.05, 4.69) is 9.46 Å². The molecule has 0 aliphatic heterocycles. The zero-order valence-electron chi connectivity index (χ0n) is 11.0. The maximum absolute atomic E-state index is 13.1. The van der Waals surface area contributed by atoms with Crippen LogP contribution in [-0.4, -0.2) is 32.5 Å². The van der Waals surface area contributed by atoms with Crippen LogP contribution in [0.25, 0.3) is 0 Å². The molecule has 0 unspecified atom stereocenters. The van der Waals surface area contributed by atoms with Gasteiger partial charge in [0, 0.05) is 12.6 Å². The molecule has 0 atom stereocenters. The van der Waals surface area contributed by atoms with Crippen LogP contribution < -0.4 is 4.72 Å². The summed E-state index contributed by atoms with van der Waals surface area (Å²) < 4.78 is 43.5. The molecule has 0 heterocycles. The fraction of sp³-hybridized carbons (Fsp3) is 0.364. The second-order valence-corrected chi connectivity index (χ2v) is 5.59. The second kappa shape index (κ2) is 7.09. The number of carbonyl (C=O) groups excluding carboxylic acids is 1. The number of carbonyl (C=O) groups is 1. The van der Waals surface area contributed by atoms with Gasteiger partial charge >= 0.3 is 11.7 Å². The first-order valence-electron chi connectivity index (χ1n) is 5.87. The number of sulfonamides is 1. The van der Waals surface area contributed by atoms with Gasteiger partial charge in [-0.05, 0) is 19.1 Å². The van der Waals surface area contributed by atoms with Gasteiger partial charge < -0.3 is 4.74 Å². The normalized spacial score (nSPS) is 11.1. The molecular weight excluding hydrogens is 307 g/mol. The van der Waals surface area contributed by atoms with Crippen LogP contribution in [0.1, 0.15) is 13.3 Å². The Morgan fingerprint density at radius 3 is 2.71 bits per heavy atom. The van der Waals surface area contributed by atoms with E-state index in [-0.39, 0.29) is 19.6 Å². The molecule has 0 saturated heterocycles. The molecule has 1 N–H and O–H groups in total. The van der Waals surface area contributed by atoms with Crippen molar-refractivity contribution in [3.63, 3.8) is 0 Å². The van der Waals surface area contributed by atoms with Crippen LogP contribution in [0.4, 0.5) is 10.1 Å². The van der Waals surface area contributed by atoms with Crippen LogP contribution in [0.2, 0.25) is 0 Å². The van der Waals surface area contributed by atoms with E-state index in [1.54, 1.807) is 6.92 Å². The molecule has 0 radical (unpaired) electrons. The summed E-state index contributed by atoms with van der Waals surface area (Å²) in [6, 6.07) is 2.20. The maximum Gasteiger partial charge on any atom is 0.307 e. The molecule has 1 rings (SSSR count). The molecule has 0 bridgehead atoms. The van der Waals surface area contributed by atoms with Gasteiger partial charge in [-0.3, -0.25) is 14.9 Å². The Hall–Kier alpha value is -2.07. The zero-order valence-corrected chi connectivity index (χ0v) is 11.9. The van der Waals surface area contributed by atoms with Crippen LogP contribution in [0.15, 0.2) is 23.1 Å². The highest BCUT2D eigenvalue weighted by molar-refractivity contribution is 7.89. The van der Waals surface area contributed by atoms with Crippen molar-refractivity contribution in [2.75, 3.05) is 13.2 Å². The third-order valence-electron chi connectivity index (χ3n) is 2.35. The van der Waals surface area contributed by atoms with E-state index in [0.717, 1.165) is 6.07 Å². The Bertz CT molecular complexity index is 646. The van der Waals surface area contributed by atoms with Crippen molar-refractivity contribution in [3.05, 3.63) is 34.1 Å². The Balaban J connectivity index is 2.81. The van der Waals surface area contributed by atoms with Gasteiger partial charge in [-0.2, -0.15) is 4.39 Å². The molecule has 116 valence electrons. The topological polar surface area (TPSA) is 116 Å². The Labute approximate surface area is 120 Å². The SMILES string of the molecule is CCOC(=O)CCNS(=O)(=O)c1ccc(F)c([N+](=O)[O-])c1. The van der Waals surface area contributed by atoms with Gasteiger partial charge in [-0.1, -0.05) is 0 Å². The minimum atomic E-state index is -4.07. The van der Waals surface area contributed by atoms with E-state index in [1.165, 1.54) is 0 Å². The van der Waals surface area contributed by atoms with Gasteiger partial charge in [0.1, 0.15) is 0 Å². The Morgan fingerprint density at radius 1 is 1.48 bits per heavy atom. The lowest BCUT2D eigenvalue weighted by Crippen LogP contribution is -2.27. The number of halogens is 1. The smallest absolute Gasteiger partial charge is 0.307 e. The molecule has 1 aromatic carbocycles. The molecule has 0 fully saturated rings. The molecule has 0 spiro atoms. The first-order chi connectivity index (χ1) is 9.77. The van der Waals surface area contributed by atoms with E-state index in [1.807, 2.05) is 0 Å². The molecule has 0 aliphatic rings. The average Bonchev–Trinajstić information content (AvgIpc) is 2.38. The monoisotopic (exact) mass is 320 g/mol. The number of nitrogens with one attached hydrogen (secondary N) is 1. The van der Waals surface area contributed by atoms with Crippen LogP contribution >= 0.6 is 0 Å². The summed E-state index contributed by atoms with van der Waals surface area (Å²) in [5.41, 5.74) is -0.941. The van der Waals surface area contributed by atoms with E-state index in [0.29, 0.717) is 12.1 Å². The largest absolute Gasteiger partial charge is 0.466 e. The third-order valence-corrected chi connectivity index (χ3v) is 3.81. The fourth-order valence-electron chi connectivity index (χ4n) is 1.40. The minimum absolute atomic E-state index is 0.176. The maximum atomic E-state index is 13.1. The van der Waals surface area contributed by atoms with Crippen molar-refractivity contribution in [1.29, 1.82) is 0 Å². The van der Waals surface area contributed by atoms with Crippen molar-refractivity contribution in [2.24, 2.45) is 0 Å². The predicted molar refractivity (Wildman–Crippen MR) is 69.5 cm³/mol. The van der Waals surface area contributed by atoms with Crippen LogP contribution in [0.3, 0.4) is 0 Å². The van der Waals surface area contributed by atoms with E-state index < -0.39 is 37.3 Å². The Kier molecular flexibility index (Phi) is 5.73. The van der Waals surface area contributed by atoms with Crippen molar-refractivity contribution in [1.82, 2.24) is 4.72 Å². The number of rotatable bonds is 7. The number of nitro benzene ring substituents is 1. The summed E-state index contributed by atoms with van der Waals surface area (Å²) in [6.07, 6.45) is -0.184. The summed E-state index contributed by atoms with van der Waals surface area (Å²) in [4.78, 5) is 20.1. The van der Waals surface area contributed by atoms with Crippen molar-refractivity contribution >= 4 is 21.7 Å². The lowest BCUT2D eigenvalue weighted by Gasteiger charge is -2.06. The lowest BCUT2D eigenvalue weighted by atomic mass is 10.3. The molecule has 0 saturated carbocycles. The highest BCUT2D eigenvalue weighted by atomic mass is 32.2. The van der Waals surface area contributed by atoms with Crippen molar-refractivity contribution < 1.29 is 27.3 Å². The van der Waals surface area contributed by atoms with Gasteiger partial charge in [0.2, 0.25) is 15.8 Å². The number of esters is 1. The van der Waals surface area contributed by atoms with Crippen LogP contribution in [0.5, 0.6) is 0 Å². The first kappa shape index (κ1) is 17.0. The Morgan fingerprint density at radius 2 is 2.14 bits per heavy atom. The molecule has 8 nitrogen and oxygen atoms in total. The lowest BCUT2D eigenvalue weighted by molar-refractivity contribution is -0.387. The second-order valence-electron chi connectivity index (χ2n) is 3.82. The fourth-order valence-corrected chi connectivity index (χ4v) is 2.45. The zero-order chi connectivity index (χ0) is 16.0.